The van der Waals surface area contributed by atoms with Crippen LogP contribution in [0.2, 0.25) is 0 Å². The number of alkyl carbamates (subject to hydrolysis) is 1. The normalized spacial score (nSPS) is 14.6. The first-order chi connectivity index (χ1) is 7.65. The molecule has 0 fully saturated rings. The van der Waals surface area contributed by atoms with E-state index in [9.17, 15) is 9.59 Å². The first-order valence-electron chi connectivity index (χ1n) is 4.81. The van der Waals surface area contributed by atoms with Gasteiger partial charge in [-0.15, -0.1) is 0 Å². The van der Waals surface area contributed by atoms with E-state index in [-0.39, 0.29) is 0 Å². The van der Waals surface area contributed by atoms with Crippen molar-refractivity contribution >= 4 is 12.0 Å². The predicted molar refractivity (Wildman–Crippen MR) is 56.2 cm³/mol. The van der Waals surface area contributed by atoms with Gasteiger partial charge in [0, 0.05) is 11.4 Å². The molecule has 0 aliphatic heterocycles. The minimum atomic E-state index is -0.533. The van der Waals surface area contributed by atoms with Gasteiger partial charge in [-0.1, -0.05) is 0 Å². The summed E-state index contributed by atoms with van der Waals surface area (Å²) in [4.78, 5) is 21.8. The molecular formula is C10H14N2O4. The number of allylic oxidation sites excluding steroid dienone is 4. The van der Waals surface area contributed by atoms with Crippen molar-refractivity contribution in [3.63, 3.8) is 0 Å². The Hall–Kier alpha value is -1.82. The molecule has 0 saturated carbocycles. The lowest BCUT2D eigenvalue weighted by atomic mass is 10.1. The van der Waals surface area contributed by atoms with Crippen molar-refractivity contribution in [2.75, 3.05) is 13.7 Å². The van der Waals surface area contributed by atoms with Crippen LogP contribution in [0, 0.1) is 0 Å². The highest BCUT2D eigenvalue weighted by Gasteiger charge is 2.10. The van der Waals surface area contributed by atoms with E-state index in [1.165, 1.54) is 7.11 Å². The van der Waals surface area contributed by atoms with E-state index < -0.39 is 18.6 Å². The standard InChI is InChI=1S/C10H14N2O4/c1-16-10(15)12-8-4-2-7(3-5-8)11-9(14)6-13/h2,4,13H,3,5-6H2,1H3,(H,11,14)(H,12,15). The van der Waals surface area contributed by atoms with Crippen LogP contribution in [0.15, 0.2) is 23.5 Å². The number of hydrogen-bond acceptors (Lipinski definition) is 4. The number of rotatable bonds is 3. The Kier molecular flexibility index (Phi) is 4.53. The van der Waals surface area contributed by atoms with Crippen molar-refractivity contribution in [2.45, 2.75) is 12.8 Å². The molecule has 2 amide bonds. The number of aliphatic hydroxyl groups is 1. The largest absolute Gasteiger partial charge is 0.453 e. The van der Waals surface area contributed by atoms with Gasteiger partial charge in [-0.05, 0) is 25.0 Å². The highest BCUT2D eigenvalue weighted by Crippen LogP contribution is 2.14. The van der Waals surface area contributed by atoms with Crippen molar-refractivity contribution in [1.29, 1.82) is 0 Å². The third kappa shape index (κ3) is 3.74. The van der Waals surface area contributed by atoms with Crippen LogP contribution in [0.4, 0.5) is 4.79 Å². The monoisotopic (exact) mass is 226 g/mol. The number of hydrogen-bond donors (Lipinski definition) is 3. The minimum Gasteiger partial charge on any atom is -0.453 e. The first-order valence-corrected chi connectivity index (χ1v) is 4.81. The third-order valence-corrected chi connectivity index (χ3v) is 2.04. The SMILES string of the molecule is COC(=O)NC1=CC=C(NC(=O)CO)CC1. The zero-order valence-corrected chi connectivity index (χ0v) is 8.95. The number of carbonyl (C=O) groups is 2. The molecule has 0 heterocycles. The summed E-state index contributed by atoms with van der Waals surface area (Å²) in [6.07, 6.45) is 4.06. The quantitative estimate of drug-likeness (QED) is 0.632. The lowest BCUT2D eigenvalue weighted by Crippen LogP contribution is -2.28. The molecule has 0 atom stereocenters. The maximum absolute atomic E-state index is 10.9. The molecule has 0 radical (unpaired) electrons. The van der Waals surface area contributed by atoms with Crippen LogP contribution in [-0.2, 0) is 9.53 Å². The highest BCUT2D eigenvalue weighted by molar-refractivity contribution is 5.78. The van der Waals surface area contributed by atoms with Crippen LogP contribution in [0.1, 0.15) is 12.8 Å². The lowest BCUT2D eigenvalue weighted by molar-refractivity contribution is -0.123. The Morgan fingerprint density at radius 3 is 2.31 bits per heavy atom. The molecule has 0 aromatic carbocycles. The van der Waals surface area contributed by atoms with Crippen molar-refractivity contribution in [3.8, 4) is 0 Å². The second-order valence-electron chi connectivity index (χ2n) is 3.21. The van der Waals surface area contributed by atoms with Crippen molar-refractivity contribution in [1.82, 2.24) is 10.6 Å². The van der Waals surface area contributed by atoms with Gasteiger partial charge in [0.15, 0.2) is 0 Å². The Balaban J connectivity index is 2.50. The molecular weight excluding hydrogens is 212 g/mol. The van der Waals surface area contributed by atoms with Crippen molar-refractivity contribution in [3.05, 3.63) is 23.5 Å². The fraction of sp³-hybridized carbons (Fsp3) is 0.400. The summed E-state index contributed by atoms with van der Waals surface area (Å²) < 4.78 is 4.45. The molecule has 0 saturated heterocycles. The second kappa shape index (κ2) is 5.92. The summed E-state index contributed by atoms with van der Waals surface area (Å²) in [6.45, 7) is -0.533. The molecule has 0 bridgehead atoms. The number of aliphatic hydroxyl groups excluding tert-OH is 1. The summed E-state index contributed by atoms with van der Waals surface area (Å²) in [5, 5.41) is 13.6. The van der Waals surface area contributed by atoms with Gasteiger partial charge in [-0.2, -0.15) is 0 Å². The maximum Gasteiger partial charge on any atom is 0.411 e. The van der Waals surface area contributed by atoms with Gasteiger partial charge in [-0.3, -0.25) is 10.1 Å². The van der Waals surface area contributed by atoms with E-state index in [2.05, 4.69) is 15.4 Å². The van der Waals surface area contributed by atoms with Gasteiger partial charge in [0.05, 0.1) is 7.11 Å². The lowest BCUT2D eigenvalue weighted by Gasteiger charge is -2.15. The average Bonchev–Trinajstić information content (AvgIpc) is 2.31. The summed E-state index contributed by atoms with van der Waals surface area (Å²) in [5.41, 5.74) is 1.45. The number of carbonyl (C=O) groups excluding carboxylic acids is 2. The molecule has 1 rings (SSSR count). The van der Waals surface area contributed by atoms with Gasteiger partial charge in [0.25, 0.3) is 0 Å². The van der Waals surface area contributed by atoms with Crippen LogP contribution < -0.4 is 10.6 Å². The number of ether oxygens (including phenoxy) is 1. The van der Waals surface area contributed by atoms with E-state index in [0.29, 0.717) is 12.8 Å². The van der Waals surface area contributed by atoms with Crippen LogP contribution in [0.5, 0.6) is 0 Å². The smallest absolute Gasteiger partial charge is 0.411 e. The molecule has 1 aliphatic carbocycles. The van der Waals surface area contributed by atoms with E-state index in [4.69, 9.17) is 5.11 Å². The molecule has 3 N–H and O–H groups in total. The zero-order chi connectivity index (χ0) is 12.0. The molecule has 1 aliphatic rings. The second-order valence-corrected chi connectivity index (χ2v) is 3.21. The van der Waals surface area contributed by atoms with Gasteiger partial charge >= 0.3 is 6.09 Å². The molecule has 16 heavy (non-hydrogen) atoms. The number of nitrogens with one attached hydrogen (secondary N) is 2. The molecule has 0 spiro atoms. The average molecular weight is 226 g/mol. The van der Waals surface area contributed by atoms with Gasteiger partial charge in [0.2, 0.25) is 5.91 Å². The summed E-state index contributed by atoms with van der Waals surface area (Å²) in [6, 6.07) is 0. The van der Waals surface area contributed by atoms with Crippen molar-refractivity contribution in [2.24, 2.45) is 0 Å². The first kappa shape index (κ1) is 12.3. The fourth-order valence-electron chi connectivity index (χ4n) is 1.25. The summed E-state index contributed by atoms with van der Waals surface area (Å²) >= 11 is 0. The fourth-order valence-corrected chi connectivity index (χ4v) is 1.25. The Morgan fingerprint density at radius 1 is 1.31 bits per heavy atom. The zero-order valence-electron chi connectivity index (χ0n) is 8.95. The molecule has 0 aromatic heterocycles. The van der Waals surface area contributed by atoms with Gasteiger partial charge in [0.1, 0.15) is 6.61 Å². The maximum atomic E-state index is 10.9. The van der Waals surface area contributed by atoms with Crippen LogP contribution in [0.3, 0.4) is 0 Å². The van der Waals surface area contributed by atoms with Crippen molar-refractivity contribution < 1.29 is 19.4 Å². The molecule has 6 heteroatoms. The third-order valence-electron chi connectivity index (χ3n) is 2.04. The Morgan fingerprint density at radius 2 is 1.88 bits per heavy atom. The summed E-state index contributed by atoms with van der Waals surface area (Å²) in [5.74, 6) is -0.441. The highest BCUT2D eigenvalue weighted by atomic mass is 16.5. The molecule has 88 valence electrons. The number of methoxy groups -OCH3 is 1. The number of amides is 2. The molecule has 0 unspecified atom stereocenters. The van der Waals surface area contributed by atoms with Crippen LogP contribution in [-0.4, -0.2) is 30.8 Å². The van der Waals surface area contributed by atoms with Gasteiger partial charge in [-0.25, -0.2) is 4.79 Å². The predicted octanol–water partition coefficient (Wildman–Crippen LogP) is 0.0125. The summed E-state index contributed by atoms with van der Waals surface area (Å²) in [7, 11) is 1.29. The Bertz CT molecular complexity index is 313. The minimum absolute atomic E-state index is 0.441. The van der Waals surface area contributed by atoms with E-state index in [1.807, 2.05) is 0 Å². The van der Waals surface area contributed by atoms with E-state index in [0.717, 1.165) is 11.4 Å². The topological polar surface area (TPSA) is 87.7 Å². The molecule has 0 aromatic rings. The Labute approximate surface area is 93.0 Å². The van der Waals surface area contributed by atoms with E-state index in [1.54, 1.807) is 12.2 Å². The van der Waals surface area contributed by atoms with Crippen LogP contribution >= 0.6 is 0 Å². The van der Waals surface area contributed by atoms with Gasteiger partial charge < -0.3 is 15.2 Å². The van der Waals surface area contributed by atoms with E-state index >= 15 is 0 Å². The van der Waals surface area contributed by atoms with Crippen LogP contribution in [0.25, 0.3) is 0 Å². The molecule has 6 nitrogen and oxygen atoms in total.